The second-order valence-electron chi connectivity index (χ2n) is 2.96. The molecule has 3 unspecified atom stereocenters. The van der Waals surface area contributed by atoms with Gasteiger partial charge in [-0.3, -0.25) is 9.59 Å². The highest BCUT2D eigenvalue weighted by molar-refractivity contribution is 5.73. The molecule has 0 rings (SSSR count). The summed E-state index contributed by atoms with van der Waals surface area (Å²) in [5.74, 6) is -2.11. The van der Waals surface area contributed by atoms with Crippen LogP contribution in [0.4, 0.5) is 0 Å². The summed E-state index contributed by atoms with van der Waals surface area (Å²) in [6.07, 6.45) is -0.484. The molecule has 0 aromatic carbocycles. The number of hydrogen-bond donors (Lipinski definition) is 5. The zero-order valence-corrected chi connectivity index (χ0v) is 8.75. The maximum Gasteiger partial charge on any atom is 0.323 e. The van der Waals surface area contributed by atoms with Crippen molar-refractivity contribution in [2.24, 2.45) is 11.5 Å². The molecule has 0 saturated carbocycles. The SMILES string of the molecule is CC(O)C(N)C(=O)O.CCC(N)C(=O)O. The molecule has 0 bridgehead atoms. The zero-order valence-electron chi connectivity index (χ0n) is 8.75. The Labute approximate surface area is 87.7 Å². The van der Waals surface area contributed by atoms with E-state index in [4.69, 9.17) is 26.8 Å². The molecule has 0 aliphatic carbocycles. The van der Waals surface area contributed by atoms with E-state index in [1.807, 2.05) is 0 Å². The third-order valence-corrected chi connectivity index (χ3v) is 1.56. The zero-order chi connectivity index (χ0) is 12.6. The number of carbonyl (C=O) groups is 2. The summed E-state index contributed by atoms with van der Waals surface area (Å²) >= 11 is 0. The molecule has 90 valence electrons. The van der Waals surface area contributed by atoms with Crippen molar-refractivity contribution in [2.45, 2.75) is 38.5 Å². The minimum atomic E-state index is -1.18. The minimum Gasteiger partial charge on any atom is -0.480 e. The Balaban J connectivity index is 0. The third-order valence-electron chi connectivity index (χ3n) is 1.56. The molecule has 0 aromatic heterocycles. The molecule has 7 heteroatoms. The van der Waals surface area contributed by atoms with Gasteiger partial charge in [0.1, 0.15) is 12.1 Å². The smallest absolute Gasteiger partial charge is 0.323 e. The molecule has 15 heavy (non-hydrogen) atoms. The van der Waals surface area contributed by atoms with E-state index in [0.29, 0.717) is 6.42 Å². The number of nitrogens with two attached hydrogens (primary N) is 2. The van der Waals surface area contributed by atoms with Crippen molar-refractivity contribution in [3.05, 3.63) is 0 Å². The molecule has 0 aromatic rings. The van der Waals surface area contributed by atoms with Crippen LogP contribution < -0.4 is 11.5 Å². The monoisotopic (exact) mass is 222 g/mol. The lowest BCUT2D eigenvalue weighted by molar-refractivity contribution is -0.141. The summed E-state index contributed by atoms with van der Waals surface area (Å²) in [6.45, 7) is 3.07. The average molecular weight is 222 g/mol. The van der Waals surface area contributed by atoms with Crippen molar-refractivity contribution in [1.82, 2.24) is 0 Å². The van der Waals surface area contributed by atoms with E-state index in [1.165, 1.54) is 6.92 Å². The summed E-state index contributed by atoms with van der Waals surface area (Å²) in [5.41, 5.74) is 9.93. The van der Waals surface area contributed by atoms with Crippen LogP contribution >= 0.6 is 0 Å². The van der Waals surface area contributed by atoms with Crippen LogP contribution in [-0.2, 0) is 9.59 Å². The van der Waals surface area contributed by atoms with E-state index in [2.05, 4.69) is 0 Å². The van der Waals surface area contributed by atoms with Gasteiger partial charge < -0.3 is 26.8 Å². The molecule has 0 fully saturated rings. The Kier molecular flexibility index (Phi) is 8.84. The molecular weight excluding hydrogens is 204 g/mol. The summed E-state index contributed by atoms with van der Waals surface area (Å²) < 4.78 is 0. The molecule has 0 radical (unpaired) electrons. The molecule has 7 N–H and O–H groups in total. The number of hydrogen-bond acceptors (Lipinski definition) is 5. The van der Waals surface area contributed by atoms with Gasteiger partial charge in [0.15, 0.2) is 0 Å². The largest absolute Gasteiger partial charge is 0.480 e. The quantitative estimate of drug-likeness (QED) is 0.392. The Morgan fingerprint density at radius 3 is 1.60 bits per heavy atom. The minimum absolute atomic E-state index is 0.495. The highest BCUT2D eigenvalue weighted by Gasteiger charge is 2.16. The van der Waals surface area contributed by atoms with E-state index in [0.717, 1.165) is 0 Å². The van der Waals surface area contributed by atoms with Gasteiger partial charge >= 0.3 is 11.9 Å². The van der Waals surface area contributed by atoms with Crippen LogP contribution in [-0.4, -0.2) is 45.4 Å². The fourth-order valence-corrected chi connectivity index (χ4v) is 0.381. The Hall–Kier alpha value is -1.18. The summed E-state index contributed by atoms with van der Waals surface area (Å²) in [6, 6.07) is -1.84. The van der Waals surface area contributed by atoms with Gasteiger partial charge in [-0.25, -0.2) is 0 Å². The predicted molar refractivity (Wildman–Crippen MR) is 53.2 cm³/mol. The molecule has 0 saturated heterocycles. The van der Waals surface area contributed by atoms with Crippen LogP contribution in [0.3, 0.4) is 0 Å². The van der Waals surface area contributed by atoms with Gasteiger partial charge in [-0.05, 0) is 13.3 Å². The highest BCUT2D eigenvalue weighted by Crippen LogP contribution is 1.85. The standard InChI is InChI=1S/C4H9NO3.C4H9NO2/c1-2(6)3(5)4(7)8;1-2-3(5)4(6)7/h2-3,6H,5H2,1H3,(H,7,8);3H,2,5H2,1H3,(H,6,7). The van der Waals surface area contributed by atoms with Gasteiger partial charge in [-0.2, -0.15) is 0 Å². The van der Waals surface area contributed by atoms with Gasteiger partial charge in [-0.1, -0.05) is 6.92 Å². The summed E-state index contributed by atoms with van der Waals surface area (Å²) in [4.78, 5) is 19.7. The Morgan fingerprint density at radius 1 is 1.20 bits per heavy atom. The maximum absolute atomic E-state index is 9.86. The summed E-state index contributed by atoms with van der Waals surface area (Å²) in [7, 11) is 0. The molecule has 0 aliphatic rings. The van der Waals surface area contributed by atoms with Gasteiger partial charge in [0.25, 0.3) is 0 Å². The van der Waals surface area contributed by atoms with E-state index >= 15 is 0 Å². The fourth-order valence-electron chi connectivity index (χ4n) is 0.381. The topological polar surface area (TPSA) is 147 Å². The lowest BCUT2D eigenvalue weighted by atomic mass is 10.2. The van der Waals surface area contributed by atoms with Gasteiger partial charge in [0.05, 0.1) is 6.10 Å². The fraction of sp³-hybridized carbons (Fsp3) is 0.750. The molecule has 0 heterocycles. The van der Waals surface area contributed by atoms with Crippen LogP contribution in [0.1, 0.15) is 20.3 Å². The molecule has 0 spiro atoms. The lowest BCUT2D eigenvalue weighted by Gasteiger charge is -2.06. The number of carboxylic acids is 2. The van der Waals surface area contributed by atoms with Crippen molar-refractivity contribution in [1.29, 1.82) is 0 Å². The second kappa shape index (κ2) is 8.16. The lowest BCUT2D eigenvalue weighted by Crippen LogP contribution is -2.39. The second-order valence-corrected chi connectivity index (χ2v) is 2.96. The van der Waals surface area contributed by atoms with Crippen LogP contribution in [0.5, 0.6) is 0 Å². The number of aliphatic carboxylic acids is 2. The van der Waals surface area contributed by atoms with E-state index in [-0.39, 0.29) is 0 Å². The van der Waals surface area contributed by atoms with Gasteiger partial charge in [0.2, 0.25) is 0 Å². The van der Waals surface area contributed by atoms with Crippen molar-refractivity contribution in [3.63, 3.8) is 0 Å². The molecule has 7 nitrogen and oxygen atoms in total. The number of aliphatic hydroxyl groups is 1. The maximum atomic E-state index is 9.86. The highest BCUT2D eigenvalue weighted by atomic mass is 16.4. The van der Waals surface area contributed by atoms with E-state index in [1.54, 1.807) is 6.92 Å². The van der Waals surface area contributed by atoms with Gasteiger partial charge in [0, 0.05) is 0 Å². The number of aliphatic hydroxyl groups excluding tert-OH is 1. The van der Waals surface area contributed by atoms with Crippen molar-refractivity contribution >= 4 is 11.9 Å². The first-order valence-electron chi connectivity index (χ1n) is 4.38. The third kappa shape index (κ3) is 9.13. The molecule has 0 aliphatic heterocycles. The number of rotatable bonds is 4. The van der Waals surface area contributed by atoms with Crippen molar-refractivity contribution < 1.29 is 24.9 Å². The predicted octanol–water partition coefficient (Wildman–Crippen LogP) is -1.41. The Morgan fingerprint density at radius 2 is 1.60 bits per heavy atom. The summed E-state index contributed by atoms with van der Waals surface area (Å²) in [5, 5.41) is 24.6. The van der Waals surface area contributed by atoms with E-state index in [9.17, 15) is 9.59 Å². The molecule has 0 amide bonds. The van der Waals surface area contributed by atoms with Crippen LogP contribution in [0.15, 0.2) is 0 Å². The Bertz CT molecular complexity index is 207. The normalized spacial score (nSPS) is 15.5. The first-order chi connectivity index (χ1) is 6.73. The van der Waals surface area contributed by atoms with Crippen molar-refractivity contribution in [3.8, 4) is 0 Å². The molecular formula is C8H18N2O5. The van der Waals surface area contributed by atoms with Crippen LogP contribution in [0, 0.1) is 0 Å². The number of carboxylic acid groups (broad SMARTS) is 2. The molecule has 3 atom stereocenters. The van der Waals surface area contributed by atoms with Crippen molar-refractivity contribution in [2.75, 3.05) is 0 Å². The van der Waals surface area contributed by atoms with Gasteiger partial charge in [-0.15, -0.1) is 0 Å². The first-order valence-corrected chi connectivity index (χ1v) is 4.38. The van der Waals surface area contributed by atoms with Crippen LogP contribution in [0.25, 0.3) is 0 Å². The average Bonchev–Trinajstić information content (AvgIpc) is 2.15. The van der Waals surface area contributed by atoms with Crippen LogP contribution in [0.2, 0.25) is 0 Å². The van der Waals surface area contributed by atoms with E-state index < -0.39 is 30.1 Å². The first kappa shape index (κ1) is 16.3.